The highest BCUT2D eigenvalue weighted by Gasteiger charge is 2.47. The Bertz CT molecular complexity index is 1550. The molecule has 2 aliphatic rings. The van der Waals surface area contributed by atoms with Crippen molar-refractivity contribution in [2.45, 2.75) is 58.2 Å². The molecule has 4 rings (SSSR count). The van der Waals surface area contributed by atoms with Gasteiger partial charge in [0.1, 0.15) is 11.4 Å². The number of hydrogen-bond donors (Lipinski definition) is 1. The minimum Gasteiger partial charge on any atom is -0.466 e. The third-order valence-corrected chi connectivity index (χ3v) is 9.76. The normalized spacial score (nSPS) is 16.9. The van der Waals surface area contributed by atoms with E-state index in [1.165, 1.54) is 30.3 Å². The number of esters is 1. The Morgan fingerprint density at radius 2 is 1.75 bits per heavy atom. The monoisotopic (exact) mass is 636 g/mol. The summed E-state index contributed by atoms with van der Waals surface area (Å²) < 4.78 is 71.5. The van der Waals surface area contributed by atoms with E-state index in [1.54, 1.807) is 17.0 Å². The third-order valence-electron chi connectivity index (χ3n) is 7.89. The van der Waals surface area contributed by atoms with Gasteiger partial charge in [0.05, 0.1) is 17.9 Å². The Labute approximate surface area is 254 Å². The molecule has 1 spiro atoms. The summed E-state index contributed by atoms with van der Waals surface area (Å²) in [5.41, 5.74) is 0.669. The van der Waals surface area contributed by atoms with Gasteiger partial charge in [-0.05, 0) is 68.0 Å². The first kappa shape index (κ1) is 33.1. The summed E-state index contributed by atoms with van der Waals surface area (Å²) in [4.78, 5) is 42.1. The number of carbonyl (C=O) groups excluding carboxylic acids is 3. The van der Waals surface area contributed by atoms with Crippen LogP contribution in [0.1, 0.15) is 55.4 Å². The molecular weight excluding hydrogens is 601 g/mol. The van der Waals surface area contributed by atoms with E-state index >= 15 is 0 Å². The number of aliphatic imine (C=N–C) groups is 1. The number of alkyl halides is 3. The summed E-state index contributed by atoms with van der Waals surface area (Å²) in [7, 11) is -3.67. The molecule has 2 heterocycles. The van der Waals surface area contributed by atoms with Crippen LogP contribution in [0, 0.1) is 6.92 Å². The number of aryl methyl sites for hydroxylation is 2. The van der Waals surface area contributed by atoms with Crippen LogP contribution in [0.5, 0.6) is 0 Å². The van der Waals surface area contributed by atoms with E-state index < -0.39 is 33.2 Å². The molecule has 44 heavy (non-hydrogen) atoms. The van der Waals surface area contributed by atoms with Gasteiger partial charge in [-0.1, -0.05) is 18.2 Å². The number of amides is 2. The predicted octanol–water partition coefficient (Wildman–Crippen LogP) is 3.60. The van der Waals surface area contributed by atoms with E-state index in [0.717, 1.165) is 23.3 Å². The van der Waals surface area contributed by atoms with Crippen molar-refractivity contribution in [1.82, 2.24) is 9.62 Å². The molecular formula is C30H35F3N4O6S. The fraction of sp³-hybridized carbons (Fsp3) is 0.467. The van der Waals surface area contributed by atoms with Gasteiger partial charge in [-0.2, -0.15) is 13.2 Å². The second-order valence-corrected chi connectivity index (χ2v) is 13.0. The molecule has 0 bridgehead atoms. The standard InChI is InChI=1S/C30H35F3N4O6S/c1-20-19-26(37(21(2)38)14-4-17-43-22(3)39)10-7-23(20)11-18-44(41,42)36-15-12-29(13-16-36)28(40)34-27(35-29)24-5-8-25(9-6-24)30(31,32)33/h5-10,19H,4,11-18H2,1-3H3,(H,34,35,40). The first-order valence-corrected chi connectivity index (χ1v) is 15.8. The molecule has 2 aromatic carbocycles. The zero-order chi connectivity index (χ0) is 32.3. The van der Waals surface area contributed by atoms with Gasteiger partial charge in [-0.3, -0.25) is 19.4 Å². The highest BCUT2D eigenvalue weighted by molar-refractivity contribution is 7.89. The number of rotatable bonds is 10. The van der Waals surface area contributed by atoms with Crippen molar-refractivity contribution in [3.63, 3.8) is 0 Å². The number of anilines is 1. The maximum atomic E-state index is 13.2. The minimum absolute atomic E-state index is 0.0817. The summed E-state index contributed by atoms with van der Waals surface area (Å²) in [5, 5.41) is 2.65. The SMILES string of the molecule is CC(=O)OCCCN(C(C)=O)c1ccc(CCS(=O)(=O)N2CCC3(CC2)N=C(c2ccc(C(F)(F)F)cc2)NC3=O)c(C)c1. The number of nitrogens with zero attached hydrogens (tertiary/aromatic N) is 3. The van der Waals surface area contributed by atoms with Crippen LogP contribution in [-0.2, 0) is 41.7 Å². The molecule has 1 fully saturated rings. The Morgan fingerprint density at radius 3 is 2.32 bits per heavy atom. The molecule has 1 saturated heterocycles. The first-order chi connectivity index (χ1) is 20.6. The van der Waals surface area contributed by atoms with E-state index in [0.29, 0.717) is 24.2 Å². The summed E-state index contributed by atoms with van der Waals surface area (Å²) in [6.07, 6.45) is -3.47. The number of nitrogens with one attached hydrogen (secondary N) is 1. The van der Waals surface area contributed by atoms with E-state index in [1.807, 2.05) is 13.0 Å². The quantitative estimate of drug-likeness (QED) is 0.314. The van der Waals surface area contributed by atoms with Crippen molar-refractivity contribution >= 4 is 39.3 Å². The van der Waals surface area contributed by atoms with Crippen LogP contribution in [0.25, 0.3) is 0 Å². The second kappa shape index (κ2) is 13.1. The predicted molar refractivity (Wildman–Crippen MR) is 158 cm³/mol. The van der Waals surface area contributed by atoms with Crippen LogP contribution in [0.4, 0.5) is 18.9 Å². The Hall–Kier alpha value is -3.78. The molecule has 2 amide bonds. The maximum Gasteiger partial charge on any atom is 0.416 e. The fourth-order valence-electron chi connectivity index (χ4n) is 5.35. The van der Waals surface area contributed by atoms with Gasteiger partial charge in [0.15, 0.2) is 0 Å². The number of sulfonamides is 1. The average molecular weight is 637 g/mol. The maximum absolute atomic E-state index is 13.2. The number of carbonyl (C=O) groups is 3. The summed E-state index contributed by atoms with van der Waals surface area (Å²) >= 11 is 0. The van der Waals surface area contributed by atoms with E-state index in [-0.39, 0.29) is 62.4 Å². The van der Waals surface area contributed by atoms with E-state index in [9.17, 15) is 36.0 Å². The number of ether oxygens (including phenoxy) is 1. The molecule has 0 unspecified atom stereocenters. The smallest absolute Gasteiger partial charge is 0.416 e. The fourth-order valence-corrected chi connectivity index (χ4v) is 6.82. The summed E-state index contributed by atoms with van der Waals surface area (Å²) in [6.45, 7) is 5.33. The summed E-state index contributed by atoms with van der Waals surface area (Å²) in [6, 6.07) is 9.73. The average Bonchev–Trinajstić information content (AvgIpc) is 3.26. The largest absolute Gasteiger partial charge is 0.466 e. The molecule has 0 aromatic heterocycles. The van der Waals surface area contributed by atoms with Crippen molar-refractivity contribution < 1.29 is 40.7 Å². The molecule has 2 aromatic rings. The van der Waals surface area contributed by atoms with Gasteiger partial charge in [0.2, 0.25) is 15.9 Å². The molecule has 0 saturated carbocycles. The number of benzene rings is 2. The lowest BCUT2D eigenvalue weighted by molar-refractivity contribution is -0.141. The highest BCUT2D eigenvalue weighted by atomic mass is 32.2. The Kier molecular flexibility index (Phi) is 9.83. The molecule has 0 aliphatic carbocycles. The summed E-state index contributed by atoms with van der Waals surface area (Å²) in [5.74, 6) is -0.928. The van der Waals surface area contributed by atoms with Crippen LogP contribution < -0.4 is 10.2 Å². The lowest BCUT2D eigenvalue weighted by Gasteiger charge is -2.34. The van der Waals surface area contributed by atoms with Gasteiger partial charge in [-0.25, -0.2) is 12.7 Å². The van der Waals surface area contributed by atoms with Crippen LogP contribution >= 0.6 is 0 Å². The number of amidine groups is 1. The number of piperidine rings is 1. The first-order valence-electron chi connectivity index (χ1n) is 14.2. The lowest BCUT2D eigenvalue weighted by atomic mass is 9.89. The minimum atomic E-state index is -4.48. The molecule has 0 atom stereocenters. The van der Waals surface area contributed by atoms with E-state index in [4.69, 9.17) is 4.74 Å². The van der Waals surface area contributed by atoms with Crippen molar-refractivity contribution in [2.24, 2.45) is 4.99 Å². The van der Waals surface area contributed by atoms with Crippen LogP contribution in [-0.4, -0.2) is 73.9 Å². The molecule has 2 aliphatic heterocycles. The van der Waals surface area contributed by atoms with Crippen LogP contribution in [0.2, 0.25) is 0 Å². The second-order valence-electron chi connectivity index (χ2n) is 11.0. The van der Waals surface area contributed by atoms with Crippen LogP contribution in [0.3, 0.4) is 0 Å². The Morgan fingerprint density at radius 1 is 1.09 bits per heavy atom. The lowest BCUT2D eigenvalue weighted by Crippen LogP contribution is -2.50. The molecule has 0 radical (unpaired) electrons. The van der Waals surface area contributed by atoms with Crippen LogP contribution in [0.15, 0.2) is 47.5 Å². The number of halogens is 3. The van der Waals surface area contributed by atoms with Gasteiger partial charge in [0, 0.05) is 44.7 Å². The van der Waals surface area contributed by atoms with Crippen molar-refractivity contribution in [1.29, 1.82) is 0 Å². The van der Waals surface area contributed by atoms with E-state index in [2.05, 4.69) is 10.3 Å². The molecule has 1 N–H and O–H groups in total. The molecule has 14 heteroatoms. The van der Waals surface area contributed by atoms with Gasteiger partial charge < -0.3 is 15.0 Å². The van der Waals surface area contributed by atoms with Gasteiger partial charge in [0.25, 0.3) is 5.91 Å². The number of hydrogen-bond acceptors (Lipinski definition) is 7. The van der Waals surface area contributed by atoms with Crippen molar-refractivity contribution in [3.05, 3.63) is 64.7 Å². The zero-order valence-corrected chi connectivity index (χ0v) is 25.6. The zero-order valence-electron chi connectivity index (χ0n) is 24.7. The van der Waals surface area contributed by atoms with Gasteiger partial charge in [-0.15, -0.1) is 0 Å². The van der Waals surface area contributed by atoms with Gasteiger partial charge >= 0.3 is 12.1 Å². The highest BCUT2D eigenvalue weighted by Crippen LogP contribution is 2.33. The third kappa shape index (κ3) is 7.65. The topological polar surface area (TPSA) is 125 Å². The molecule has 238 valence electrons. The van der Waals surface area contributed by atoms with Crippen molar-refractivity contribution in [2.75, 3.05) is 36.9 Å². The molecule has 10 nitrogen and oxygen atoms in total. The Balaban J connectivity index is 1.35. The van der Waals surface area contributed by atoms with Crippen molar-refractivity contribution in [3.8, 4) is 0 Å².